The first-order chi connectivity index (χ1) is 8.08. The lowest BCUT2D eigenvalue weighted by atomic mass is 9.87. The maximum absolute atomic E-state index is 3.77. The van der Waals surface area contributed by atoms with Crippen LogP contribution in [0.25, 0.3) is 0 Å². The molecule has 94 valence electrons. The standard InChI is InChI=1S/C15H21BrS/c1-10(2)14(11(3)16)9-13-8-12-6-4-5-7-15(12)17-13/h4-7,10-11,13-14H,8-9H2,1-3H3. The summed E-state index contributed by atoms with van der Waals surface area (Å²) in [5, 5.41) is 0.778. The summed E-state index contributed by atoms with van der Waals surface area (Å²) in [7, 11) is 0. The highest BCUT2D eigenvalue weighted by Gasteiger charge is 2.28. The molecule has 0 N–H and O–H groups in total. The van der Waals surface area contributed by atoms with Crippen LogP contribution in [-0.2, 0) is 6.42 Å². The van der Waals surface area contributed by atoms with Gasteiger partial charge in [-0.15, -0.1) is 11.8 Å². The molecule has 3 atom stereocenters. The van der Waals surface area contributed by atoms with Gasteiger partial charge in [0, 0.05) is 15.0 Å². The molecule has 0 amide bonds. The summed E-state index contributed by atoms with van der Waals surface area (Å²) in [6.45, 7) is 6.97. The monoisotopic (exact) mass is 312 g/mol. The van der Waals surface area contributed by atoms with Crippen LogP contribution in [0.5, 0.6) is 0 Å². The zero-order valence-electron chi connectivity index (χ0n) is 10.8. The van der Waals surface area contributed by atoms with Crippen molar-refractivity contribution in [2.45, 2.75) is 48.6 Å². The van der Waals surface area contributed by atoms with Crippen molar-refractivity contribution in [3.63, 3.8) is 0 Å². The third-order valence-corrected chi connectivity index (χ3v) is 5.72. The highest BCUT2D eigenvalue weighted by Crippen LogP contribution is 2.41. The first-order valence-electron chi connectivity index (χ1n) is 6.46. The third kappa shape index (κ3) is 3.29. The maximum Gasteiger partial charge on any atom is 0.0148 e. The Labute approximate surface area is 118 Å². The van der Waals surface area contributed by atoms with Gasteiger partial charge in [-0.2, -0.15) is 0 Å². The molecule has 17 heavy (non-hydrogen) atoms. The maximum atomic E-state index is 3.77. The molecule has 3 unspecified atom stereocenters. The van der Waals surface area contributed by atoms with E-state index in [1.54, 1.807) is 5.56 Å². The predicted molar refractivity (Wildman–Crippen MR) is 81.1 cm³/mol. The van der Waals surface area contributed by atoms with Crippen molar-refractivity contribution >= 4 is 27.7 Å². The van der Waals surface area contributed by atoms with Crippen LogP contribution in [0.2, 0.25) is 0 Å². The number of thioether (sulfide) groups is 1. The number of hydrogen-bond acceptors (Lipinski definition) is 1. The van der Waals surface area contributed by atoms with Crippen molar-refractivity contribution in [3.05, 3.63) is 29.8 Å². The minimum absolute atomic E-state index is 0.617. The number of benzene rings is 1. The van der Waals surface area contributed by atoms with E-state index in [1.165, 1.54) is 17.7 Å². The van der Waals surface area contributed by atoms with Crippen LogP contribution in [0.1, 0.15) is 32.8 Å². The number of fused-ring (bicyclic) bond motifs is 1. The van der Waals surface area contributed by atoms with E-state index < -0.39 is 0 Å². The minimum atomic E-state index is 0.617. The zero-order chi connectivity index (χ0) is 12.4. The SMILES string of the molecule is CC(C)C(CC1Cc2ccccc2S1)C(C)Br. The van der Waals surface area contributed by atoms with E-state index in [2.05, 4.69) is 72.7 Å². The fourth-order valence-corrected chi connectivity index (χ4v) is 4.91. The molecule has 0 spiro atoms. The molecule has 1 aromatic rings. The van der Waals surface area contributed by atoms with Crippen LogP contribution in [-0.4, -0.2) is 10.1 Å². The zero-order valence-corrected chi connectivity index (χ0v) is 13.2. The minimum Gasteiger partial charge on any atom is -0.122 e. The smallest absolute Gasteiger partial charge is 0.0148 e. The van der Waals surface area contributed by atoms with Gasteiger partial charge in [-0.25, -0.2) is 0 Å². The third-order valence-electron chi connectivity index (χ3n) is 3.70. The number of hydrogen-bond donors (Lipinski definition) is 0. The van der Waals surface area contributed by atoms with Gasteiger partial charge in [-0.3, -0.25) is 0 Å². The van der Waals surface area contributed by atoms with E-state index in [-0.39, 0.29) is 0 Å². The van der Waals surface area contributed by atoms with E-state index in [9.17, 15) is 0 Å². The molecule has 1 aliphatic heterocycles. The van der Waals surface area contributed by atoms with Crippen LogP contribution in [0, 0.1) is 11.8 Å². The molecule has 1 aromatic carbocycles. The lowest BCUT2D eigenvalue weighted by molar-refractivity contribution is 0.358. The van der Waals surface area contributed by atoms with E-state index in [4.69, 9.17) is 0 Å². The fourth-order valence-electron chi connectivity index (χ4n) is 2.68. The Hall–Kier alpha value is 0.0500. The van der Waals surface area contributed by atoms with E-state index >= 15 is 0 Å². The Bertz CT molecular complexity index is 340. The summed E-state index contributed by atoms with van der Waals surface area (Å²) in [5.41, 5.74) is 1.55. The molecular formula is C15H21BrS. The molecule has 0 fully saturated rings. The van der Waals surface area contributed by atoms with Gasteiger partial charge >= 0.3 is 0 Å². The van der Waals surface area contributed by atoms with Gasteiger partial charge < -0.3 is 0 Å². The average molecular weight is 313 g/mol. The summed E-state index contributed by atoms with van der Waals surface area (Å²) in [4.78, 5) is 2.12. The number of rotatable bonds is 4. The molecule has 0 radical (unpaired) electrons. The normalized spacial score (nSPS) is 22.5. The van der Waals surface area contributed by atoms with E-state index in [1.807, 2.05) is 0 Å². The number of alkyl halides is 1. The average Bonchev–Trinajstić information content (AvgIpc) is 2.67. The molecule has 0 saturated heterocycles. The Morgan fingerprint density at radius 1 is 1.29 bits per heavy atom. The Morgan fingerprint density at radius 2 is 2.00 bits per heavy atom. The molecule has 1 aliphatic rings. The molecule has 2 rings (SSSR count). The lowest BCUT2D eigenvalue weighted by Gasteiger charge is -2.26. The Balaban J connectivity index is 1.99. The molecule has 0 aromatic heterocycles. The van der Waals surface area contributed by atoms with Gasteiger partial charge in [0.25, 0.3) is 0 Å². The molecule has 0 bridgehead atoms. The quantitative estimate of drug-likeness (QED) is 0.693. The second kappa shape index (κ2) is 5.79. The van der Waals surface area contributed by atoms with Crippen LogP contribution >= 0.6 is 27.7 Å². The van der Waals surface area contributed by atoms with Gasteiger partial charge in [0.15, 0.2) is 0 Å². The summed E-state index contributed by atoms with van der Waals surface area (Å²) in [6, 6.07) is 8.86. The van der Waals surface area contributed by atoms with Crippen LogP contribution in [0.3, 0.4) is 0 Å². The number of halogens is 1. The van der Waals surface area contributed by atoms with Crippen LogP contribution < -0.4 is 0 Å². The van der Waals surface area contributed by atoms with Crippen molar-refractivity contribution in [1.29, 1.82) is 0 Å². The van der Waals surface area contributed by atoms with Crippen molar-refractivity contribution in [2.75, 3.05) is 0 Å². The van der Waals surface area contributed by atoms with Gasteiger partial charge in [0.05, 0.1) is 0 Å². The first-order valence-corrected chi connectivity index (χ1v) is 8.26. The van der Waals surface area contributed by atoms with Crippen molar-refractivity contribution in [1.82, 2.24) is 0 Å². The van der Waals surface area contributed by atoms with E-state index in [0.29, 0.717) is 4.83 Å². The molecular weight excluding hydrogens is 292 g/mol. The summed E-state index contributed by atoms with van der Waals surface area (Å²) in [6.07, 6.45) is 2.58. The second-order valence-corrected chi connectivity index (χ2v) is 8.16. The second-order valence-electron chi connectivity index (χ2n) is 5.37. The lowest BCUT2D eigenvalue weighted by Crippen LogP contribution is -2.22. The molecule has 0 saturated carbocycles. The van der Waals surface area contributed by atoms with Crippen molar-refractivity contribution in [3.8, 4) is 0 Å². The fraction of sp³-hybridized carbons (Fsp3) is 0.600. The first kappa shape index (κ1) is 13.5. The summed E-state index contributed by atoms with van der Waals surface area (Å²) >= 11 is 5.85. The van der Waals surface area contributed by atoms with Crippen LogP contribution in [0.15, 0.2) is 29.2 Å². The molecule has 1 heterocycles. The predicted octanol–water partition coefficient (Wildman–Crippen LogP) is 5.15. The Kier molecular flexibility index (Phi) is 4.59. The van der Waals surface area contributed by atoms with Crippen molar-refractivity contribution in [2.24, 2.45) is 11.8 Å². The van der Waals surface area contributed by atoms with Gasteiger partial charge in [-0.1, -0.05) is 54.9 Å². The van der Waals surface area contributed by atoms with Crippen LogP contribution in [0.4, 0.5) is 0 Å². The van der Waals surface area contributed by atoms with Gasteiger partial charge in [-0.05, 0) is 36.3 Å². The Morgan fingerprint density at radius 3 is 2.59 bits per heavy atom. The molecule has 0 nitrogen and oxygen atoms in total. The highest BCUT2D eigenvalue weighted by atomic mass is 79.9. The largest absolute Gasteiger partial charge is 0.122 e. The molecule has 2 heteroatoms. The van der Waals surface area contributed by atoms with Gasteiger partial charge in [0.1, 0.15) is 0 Å². The van der Waals surface area contributed by atoms with E-state index in [0.717, 1.165) is 17.1 Å². The van der Waals surface area contributed by atoms with Crippen molar-refractivity contribution < 1.29 is 0 Å². The topological polar surface area (TPSA) is 0 Å². The van der Waals surface area contributed by atoms with Gasteiger partial charge in [0.2, 0.25) is 0 Å². The molecule has 0 aliphatic carbocycles. The summed E-state index contributed by atoms with van der Waals surface area (Å²) in [5.74, 6) is 1.54. The summed E-state index contributed by atoms with van der Waals surface area (Å²) < 4.78 is 0. The highest BCUT2D eigenvalue weighted by molar-refractivity contribution is 9.09.